The monoisotopic (exact) mass is 462 g/mol. The third-order valence-electron chi connectivity index (χ3n) is 5.85. The number of esters is 1. The fourth-order valence-electron chi connectivity index (χ4n) is 4.26. The van der Waals surface area contributed by atoms with E-state index in [0.29, 0.717) is 17.7 Å². The molecule has 32 heavy (non-hydrogen) atoms. The zero-order valence-electron chi connectivity index (χ0n) is 19.2. The van der Waals surface area contributed by atoms with Crippen LogP contribution >= 0.6 is 9.24 Å². The number of carbonyl (C=O) groups is 4. The first-order chi connectivity index (χ1) is 15.2. The number of hydrogen-bond donors (Lipinski definition) is 2. The molecule has 0 aromatic heterocycles. The third kappa shape index (κ3) is 8.01. The number of amides is 2. The molecular weight excluding hydrogens is 427 g/mol. The van der Waals surface area contributed by atoms with E-state index in [-0.39, 0.29) is 35.6 Å². The summed E-state index contributed by atoms with van der Waals surface area (Å²) in [6, 6.07) is 5.77. The van der Waals surface area contributed by atoms with Crippen molar-refractivity contribution in [3.63, 3.8) is 0 Å². The smallest absolute Gasteiger partial charge is 0.337 e. The van der Waals surface area contributed by atoms with Crippen molar-refractivity contribution in [3.8, 4) is 0 Å². The molecular formula is C24H35N2O5P. The van der Waals surface area contributed by atoms with Gasteiger partial charge in [-0.1, -0.05) is 42.3 Å². The molecule has 0 aliphatic heterocycles. The molecule has 8 heteroatoms. The van der Waals surface area contributed by atoms with E-state index in [1.54, 1.807) is 24.3 Å². The lowest BCUT2D eigenvalue weighted by Gasteiger charge is -2.31. The van der Waals surface area contributed by atoms with Crippen molar-refractivity contribution >= 4 is 38.2 Å². The second-order valence-corrected chi connectivity index (χ2v) is 9.58. The van der Waals surface area contributed by atoms with Crippen molar-refractivity contribution < 1.29 is 23.9 Å². The Hall–Kier alpha value is -2.27. The zero-order valence-corrected chi connectivity index (χ0v) is 20.3. The Morgan fingerprint density at radius 1 is 1.03 bits per heavy atom. The highest BCUT2D eigenvalue weighted by Gasteiger charge is 2.33. The molecule has 0 saturated heterocycles. The minimum atomic E-state index is -0.669. The summed E-state index contributed by atoms with van der Waals surface area (Å²) >= 11 is 0. The van der Waals surface area contributed by atoms with Gasteiger partial charge in [-0.15, -0.1) is 0 Å². The second-order valence-electron chi connectivity index (χ2n) is 8.94. The van der Waals surface area contributed by atoms with Crippen LogP contribution in [0.3, 0.4) is 0 Å². The van der Waals surface area contributed by atoms with Gasteiger partial charge in [0.05, 0.1) is 12.7 Å². The fraction of sp³-hybridized carbons (Fsp3) is 0.583. The van der Waals surface area contributed by atoms with Crippen LogP contribution in [0.5, 0.6) is 0 Å². The van der Waals surface area contributed by atoms with Crippen LogP contribution in [0, 0.1) is 17.8 Å². The van der Waals surface area contributed by atoms with E-state index in [9.17, 15) is 19.2 Å². The lowest BCUT2D eigenvalue weighted by molar-refractivity contribution is -0.132. The van der Waals surface area contributed by atoms with Gasteiger partial charge in [-0.25, -0.2) is 4.79 Å². The van der Waals surface area contributed by atoms with E-state index >= 15 is 0 Å². The van der Waals surface area contributed by atoms with Gasteiger partial charge in [-0.2, -0.15) is 0 Å². The second kappa shape index (κ2) is 12.7. The number of nitrogens with one attached hydrogen (secondary N) is 2. The van der Waals surface area contributed by atoms with E-state index in [1.165, 1.54) is 7.11 Å². The van der Waals surface area contributed by atoms with Gasteiger partial charge in [0.2, 0.25) is 11.8 Å². The maximum absolute atomic E-state index is 13.2. The highest BCUT2D eigenvalue weighted by atomic mass is 31.0. The van der Waals surface area contributed by atoms with E-state index in [0.717, 1.165) is 32.1 Å². The van der Waals surface area contributed by atoms with Crippen molar-refractivity contribution in [1.29, 1.82) is 0 Å². The summed E-state index contributed by atoms with van der Waals surface area (Å²) in [7, 11) is 3.45. The number of hydrogen-bond acceptors (Lipinski definition) is 5. The zero-order chi connectivity index (χ0) is 23.7. The fourth-order valence-corrected chi connectivity index (χ4v) is 4.54. The number of rotatable bonds is 10. The molecule has 1 aromatic carbocycles. The average Bonchev–Trinajstić information content (AvgIpc) is 2.76. The Morgan fingerprint density at radius 2 is 1.66 bits per heavy atom. The summed E-state index contributed by atoms with van der Waals surface area (Å²) in [5.41, 5.74) is 0.813. The molecule has 7 nitrogen and oxygen atoms in total. The van der Waals surface area contributed by atoms with E-state index < -0.39 is 17.9 Å². The highest BCUT2D eigenvalue weighted by molar-refractivity contribution is 7.40. The summed E-state index contributed by atoms with van der Waals surface area (Å²) in [6.45, 7) is 4.02. The summed E-state index contributed by atoms with van der Waals surface area (Å²) < 4.78 is 4.70. The summed E-state index contributed by atoms with van der Waals surface area (Å²) in [6.07, 6.45) is 5.65. The molecule has 176 valence electrons. The Balaban J connectivity index is 2.16. The Kier molecular flexibility index (Phi) is 10.3. The van der Waals surface area contributed by atoms with Crippen LogP contribution < -0.4 is 10.6 Å². The molecule has 0 spiro atoms. The number of ether oxygens (including phenoxy) is 1. The van der Waals surface area contributed by atoms with Crippen molar-refractivity contribution in [2.75, 3.05) is 12.4 Å². The Labute approximate surface area is 192 Å². The molecule has 1 unspecified atom stereocenters. The number of benzene rings is 1. The standard InChI is InChI=1S/C24H35N2O5P/c1-15(2)13-18(14-20(27)32)22(28)26-21(16-7-5-4-6-8-16)23(29)25-19-11-9-17(10-12-19)24(30)31-3/h9-12,15-16,18,21H,4-8,13-14,32H2,1-3H3,(H,25,29)(H,26,28)/t18-,21+/m1/s1. The Bertz CT molecular complexity index is 803. The highest BCUT2D eigenvalue weighted by Crippen LogP contribution is 2.28. The molecule has 2 amide bonds. The number of anilines is 1. The van der Waals surface area contributed by atoms with Crippen LogP contribution in [0.15, 0.2) is 24.3 Å². The van der Waals surface area contributed by atoms with Crippen LogP contribution in [-0.4, -0.2) is 36.5 Å². The van der Waals surface area contributed by atoms with Gasteiger partial charge >= 0.3 is 5.97 Å². The number of methoxy groups -OCH3 is 1. The van der Waals surface area contributed by atoms with Gasteiger partial charge in [0.1, 0.15) is 11.6 Å². The van der Waals surface area contributed by atoms with E-state index in [1.807, 2.05) is 13.8 Å². The van der Waals surface area contributed by atoms with Crippen LogP contribution in [0.1, 0.15) is 69.2 Å². The van der Waals surface area contributed by atoms with Crippen molar-refractivity contribution in [3.05, 3.63) is 29.8 Å². The van der Waals surface area contributed by atoms with Crippen molar-refractivity contribution in [2.24, 2.45) is 17.8 Å². The van der Waals surface area contributed by atoms with Gasteiger partial charge in [0.25, 0.3) is 0 Å². The first-order valence-electron chi connectivity index (χ1n) is 11.3. The quantitative estimate of drug-likeness (QED) is 0.405. The molecule has 3 atom stereocenters. The van der Waals surface area contributed by atoms with Crippen LogP contribution in [0.2, 0.25) is 0 Å². The maximum Gasteiger partial charge on any atom is 0.337 e. The first-order valence-corrected chi connectivity index (χ1v) is 11.9. The molecule has 1 saturated carbocycles. The molecule has 1 aliphatic carbocycles. The molecule has 0 heterocycles. The van der Waals surface area contributed by atoms with Gasteiger partial charge in [0.15, 0.2) is 0 Å². The minimum absolute atomic E-state index is 0.0495. The molecule has 2 rings (SSSR count). The molecule has 2 N–H and O–H groups in total. The molecule has 0 bridgehead atoms. The lowest BCUT2D eigenvalue weighted by atomic mass is 9.83. The van der Waals surface area contributed by atoms with Crippen LogP contribution in [-0.2, 0) is 19.1 Å². The molecule has 1 fully saturated rings. The van der Waals surface area contributed by atoms with Crippen molar-refractivity contribution in [2.45, 2.75) is 64.8 Å². The minimum Gasteiger partial charge on any atom is -0.465 e. The molecule has 1 aromatic rings. The SMILES string of the molecule is COC(=O)c1ccc(NC(=O)[C@@H](NC(=O)[C@@H](CC(=O)P)CC(C)C)C2CCCCC2)cc1. The maximum atomic E-state index is 13.2. The van der Waals surface area contributed by atoms with Gasteiger partial charge < -0.3 is 15.4 Å². The van der Waals surface area contributed by atoms with Gasteiger partial charge in [0, 0.05) is 18.0 Å². The average molecular weight is 463 g/mol. The van der Waals surface area contributed by atoms with Crippen LogP contribution in [0.4, 0.5) is 5.69 Å². The summed E-state index contributed by atoms with van der Waals surface area (Å²) in [5.74, 6) is -1.13. The Morgan fingerprint density at radius 3 is 2.19 bits per heavy atom. The third-order valence-corrected chi connectivity index (χ3v) is 6.08. The van der Waals surface area contributed by atoms with Gasteiger partial charge in [-0.3, -0.25) is 14.4 Å². The predicted octanol–water partition coefficient (Wildman–Crippen LogP) is 3.93. The summed E-state index contributed by atoms with van der Waals surface area (Å²) in [5, 5.41) is 5.84. The van der Waals surface area contributed by atoms with E-state index in [2.05, 4.69) is 19.9 Å². The molecule has 0 radical (unpaired) electrons. The van der Waals surface area contributed by atoms with Crippen LogP contribution in [0.25, 0.3) is 0 Å². The topological polar surface area (TPSA) is 102 Å². The van der Waals surface area contributed by atoms with E-state index in [4.69, 9.17) is 4.74 Å². The normalized spacial score (nSPS) is 16.2. The summed E-state index contributed by atoms with van der Waals surface area (Å²) in [4.78, 5) is 49.6. The van der Waals surface area contributed by atoms with Crippen molar-refractivity contribution in [1.82, 2.24) is 5.32 Å². The lowest BCUT2D eigenvalue weighted by Crippen LogP contribution is -2.51. The number of carbonyl (C=O) groups excluding carboxylic acids is 4. The largest absolute Gasteiger partial charge is 0.465 e. The first kappa shape index (κ1) is 26.0. The molecule has 1 aliphatic rings. The van der Waals surface area contributed by atoms with Gasteiger partial charge in [-0.05, 0) is 55.4 Å². The predicted molar refractivity (Wildman–Crippen MR) is 127 cm³/mol.